The molecule has 29 heavy (non-hydrogen) atoms. The van der Waals surface area contributed by atoms with Gasteiger partial charge in [-0.15, -0.1) is 0 Å². The zero-order valence-electron chi connectivity index (χ0n) is 16.5. The van der Waals surface area contributed by atoms with E-state index in [0.29, 0.717) is 46.2 Å². The molecule has 7 nitrogen and oxygen atoms in total. The first-order valence-corrected chi connectivity index (χ1v) is 9.20. The Bertz CT molecular complexity index is 1210. The number of nitrogens with one attached hydrogen (secondary N) is 1. The molecule has 0 atom stereocenters. The van der Waals surface area contributed by atoms with Gasteiger partial charge in [-0.25, -0.2) is 4.98 Å². The monoisotopic (exact) mass is 390 g/mol. The first kappa shape index (κ1) is 18.6. The number of nitrogen functional groups attached to an aromatic ring is 1. The van der Waals surface area contributed by atoms with Crippen LogP contribution in [-0.4, -0.2) is 22.6 Å². The number of nitrogens with zero attached hydrogens (tertiary/aromatic N) is 2. The van der Waals surface area contributed by atoms with E-state index in [0.717, 1.165) is 11.3 Å². The van der Waals surface area contributed by atoms with Gasteiger partial charge in [0.05, 0.1) is 35.8 Å². The van der Waals surface area contributed by atoms with Crippen LogP contribution in [0, 0.1) is 6.92 Å². The number of aryl methyl sites for hydroxylation is 2. The van der Waals surface area contributed by atoms with Crippen molar-refractivity contribution < 1.29 is 13.9 Å². The number of fused-ring (bicyclic) bond motifs is 1. The predicted molar refractivity (Wildman–Crippen MR) is 112 cm³/mol. The Kier molecular flexibility index (Phi) is 4.72. The van der Waals surface area contributed by atoms with E-state index in [1.54, 1.807) is 19.2 Å². The molecule has 2 aromatic heterocycles. The molecule has 2 aromatic carbocycles. The Balaban J connectivity index is 1.76. The van der Waals surface area contributed by atoms with Crippen molar-refractivity contribution in [1.82, 2.24) is 14.9 Å². The standard InChI is InChI=1S/C22H22N4O3/c1-13-8-9-15(29-13)12-24-22(27)17-10-14(23)11-18-20(17)26(2)21(25-18)16-6-4-5-7-19(16)28-3/h4-11H,12,23H2,1-3H3,(H,24,27). The molecule has 4 rings (SSSR count). The zero-order chi connectivity index (χ0) is 20.5. The highest BCUT2D eigenvalue weighted by Gasteiger charge is 2.20. The van der Waals surface area contributed by atoms with E-state index < -0.39 is 0 Å². The fraction of sp³-hybridized carbons (Fsp3) is 0.182. The van der Waals surface area contributed by atoms with Crippen LogP contribution < -0.4 is 15.8 Å². The third kappa shape index (κ3) is 3.42. The number of furan rings is 1. The molecular weight excluding hydrogens is 368 g/mol. The summed E-state index contributed by atoms with van der Waals surface area (Å²) in [5.41, 5.74) is 9.17. The summed E-state index contributed by atoms with van der Waals surface area (Å²) >= 11 is 0. The summed E-state index contributed by atoms with van der Waals surface area (Å²) in [4.78, 5) is 17.7. The summed E-state index contributed by atoms with van der Waals surface area (Å²) < 4.78 is 12.9. The van der Waals surface area contributed by atoms with Crippen molar-refractivity contribution >= 4 is 22.6 Å². The van der Waals surface area contributed by atoms with Crippen molar-refractivity contribution in [2.45, 2.75) is 13.5 Å². The molecule has 0 fully saturated rings. The number of benzene rings is 2. The Morgan fingerprint density at radius 1 is 1.24 bits per heavy atom. The van der Waals surface area contributed by atoms with Crippen LogP contribution in [0.4, 0.5) is 5.69 Å². The van der Waals surface area contributed by atoms with Crippen LogP contribution in [0.15, 0.2) is 52.9 Å². The highest BCUT2D eigenvalue weighted by Crippen LogP contribution is 2.33. The van der Waals surface area contributed by atoms with Crippen molar-refractivity contribution in [1.29, 1.82) is 0 Å². The van der Waals surface area contributed by atoms with Crippen molar-refractivity contribution in [3.8, 4) is 17.1 Å². The lowest BCUT2D eigenvalue weighted by Gasteiger charge is -2.10. The van der Waals surface area contributed by atoms with Gasteiger partial charge in [-0.2, -0.15) is 0 Å². The van der Waals surface area contributed by atoms with Gasteiger partial charge >= 0.3 is 0 Å². The number of anilines is 1. The van der Waals surface area contributed by atoms with Crippen LogP contribution in [0.25, 0.3) is 22.4 Å². The van der Waals surface area contributed by atoms with Crippen LogP contribution in [0.3, 0.4) is 0 Å². The van der Waals surface area contributed by atoms with E-state index in [1.165, 1.54) is 0 Å². The van der Waals surface area contributed by atoms with Crippen LogP contribution in [0.2, 0.25) is 0 Å². The van der Waals surface area contributed by atoms with Crippen molar-refractivity contribution in [2.24, 2.45) is 7.05 Å². The van der Waals surface area contributed by atoms with E-state index >= 15 is 0 Å². The summed E-state index contributed by atoms with van der Waals surface area (Å²) in [5.74, 6) is 2.65. The van der Waals surface area contributed by atoms with Crippen molar-refractivity contribution in [3.63, 3.8) is 0 Å². The van der Waals surface area contributed by atoms with Gasteiger partial charge in [0.2, 0.25) is 0 Å². The number of methoxy groups -OCH3 is 1. The molecule has 2 heterocycles. The van der Waals surface area contributed by atoms with Gasteiger partial charge in [0.1, 0.15) is 23.1 Å². The van der Waals surface area contributed by atoms with Gasteiger partial charge in [0.15, 0.2) is 0 Å². The van der Waals surface area contributed by atoms with E-state index in [2.05, 4.69) is 5.32 Å². The zero-order valence-corrected chi connectivity index (χ0v) is 16.5. The molecule has 0 saturated carbocycles. The molecule has 4 aromatic rings. The molecule has 0 bridgehead atoms. The van der Waals surface area contributed by atoms with Crippen LogP contribution >= 0.6 is 0 Å². The normalized spacial score (nSPS) is 11.0. The van der Waals surface area contributed by atoms with Crippen LogP contribution in [0.1, 0.15) is 21.9 Å². The van der Waals surface area contributed by atoms with Gasteiger partial charge in [-0.1, -0.05) is 12.1 Å². The second kappa shape index (κ2) is 7.35. The fourth-order valence-corrected chi connectivity index (χ4v) is 3.46. The third-order valence-corrected chi connectivity index (χ3v) is 4.80. The van der Waals surface area contributed by atoms with Crippen molar-refractivity contribution in [2.75, 3.05) is 12.8 Å². The molecule has 0 saturated heterocycles. The highest BCUT2D eigenvalue weighted by atomic mass is 16.5. The lowest BCUT2D eigenvalue weighted by atomic mass is 10.1. The lowest BCUT2D eigenvalue weighted by Crippen LogP contribution is -2.23. The number of hydrogen-bond donors (Lipinski definition) is 2. The van der Waals surface area contributed by atoms with Gasteiger partial charge in [-0.3, -0.25) is 4.79 Å². The van der Waals surface area contributed by atoms with Gasteiger partial charge in [0, 0.05) is 12.7 Å². The maximum Gasteiger partial charge on any atom is 0.253 e. The summed E-state index contributed by atoms with van der Waals surface area (Å²) in [6.45, 7) is 2.15. The summed E-state index contributed by atoms with van der Waals surface area (Å²) in [6.07, 6.45) is 0. The quantitative estimate of drug-likeness (QED) is 0.507. The number of carbonyl (C=O) groups is 1. The minimum Gasteiger partial charge on any atom is -0.496 e. The van der Waals surface area contributed by atoms with Gasteiger partial charge in [0.25, 0.3) is 5.91 Å². The van der Waals surface area contributed by atoms with E-state index in [1.807, 2.05) is 54.9 Å². The number of nitrogens with two attached hydrogens (primary N) is 1. The van der Waals surface area contributed by atoms with E-state index in [9.17, 15) is 4.79 Å². The number of imidazole rings is 1. The van der Waals surface area contributed by atoms with E-state index in [-0.39, 0.29) is 5.91 Å². The Hall–Kier alpha value is -3.74. The molecule has 0 unspecified atom stereocenters. The number of carbonyl (C=O) groups excluding carboxylic acids is 1. The number of ether oxygens (including phenoxy) is 1. The first-order chi connectivity index (χ1) is 14.0. The summed E-state index contributed by atoms with van der Waals surface area (Å²) in [5, 5.41) is 2.89. The number of amides is 1. The molecule has 0 spiro atoms. The molecule has 3 N–H and O–H groups in total. The molecule has 0 aliphatic heterocycles. The minimum atomic E-state index is -0.245. The lowest BCUT2D eigenvalue weighted by molar-refractivity contribution is 0.0949. The number of aromatic nitrogens is 2. The summed E-state index contributed by atoms with van der Waals surface area (Å²) in [7, 11) is 3.49. The average molecular weight is 390 g/mol. The Morgan fingerprint density at radius 2 is 2.03 bits per heavy atom. The summed E-state index contributed by atoms with van der Waals surface area (Å²) in [6, 6.07) is 14.8. The van der Waals surface area contributed by atoms with Crippen LogP contribution in [0.5, 0.6) is 5.75 Å². The predicted octanol–water partition coefficient (Wildman–Crippen LogP) is 3.66. The second-order valence-corrected chi connectivity index (χ2v) is 6.83. The Labute approximate surface area is 168 Å². The fourth-order valence-electron chi connectivity index (χ4n) is 3.46. The first-order valence-electron chi connectivity index (χ1n) is 9.20. The van der Waals surface area contributed by atoms with E-state index in [4.69, 9.17) is 19.9 Å². The maximum atomic E-state index is 12.9. The number of para-hydroxylation sites is 1. The molecule has 0 aliphatic rings. The highest BCUT2D eigenvalue weighted by molar-refractivity contribution is 6.07. The Morgan fingerprint density at radius 3 is 2.76 bits per heavy atom. The average Bonchev–Trinajstić information content (AvgIpc) is 3.28. The molecular formula is C22H22N4O3. The number of rotatable bonds is 5. The topological polar surface area (TPSA) is 95.3 Å². The minimum absolute atomic E-state index is 0.245. The third-order valence-electron chi connectivity index (χ3n) is 4.80. The molecule has 0 radical (unpaired) electrons. The largest absolute Gasteiger partial charge is 0.496 e. The molecule has 1 amide bonds. The second-order valence-electron chi connectivity index (χ2n) is 6.83. The molecule has 148 valence electrons. The smallest absolute Gasteiger partial charge is 0.253 e. The maximum absolute atomic E-state index is 12.9. The van der Waals surface area contributed by atoms with Gasteiger partial charge in [-0.05, 0) is 43.3 Å². The SMILES string of the molecule is COc1ccccc1-c1nc2cc(N)cc(C(=O)NCc3ccc(C)o3)c2n1C. The van der Waals surface area contributed by atoms with Gasteiger partial charge < -0.3 is 24.8 Å². The molecule has 0 aliphatic carbocycles. The van der Waals surface area contributed by atoms with Crippen LogP contribution in [-0.2, 0) is 13.6 Å². The number of hydrogen-bond acceptors (Lipinski definition) is 5. The molecule has 7 heteroatoms. The van der Waals surface area contributed by atoms with Crippen molar-refractivity contribution in [3.05, 3.63) is 65.6 Å².